The van der Waals surface area contributed by atoms with Crippen molar-refractivity contribution in [2.75, 3.05) is 0 Å². The molecule has 0 fully saturated rings. The summed E-state index contributed by atoms with van der Waals surface area (Å²) in [7, 11) is 1.79. The molecule has 1 heterocycles. The van der Waals surface area contributed by atoms with Crippen LogP contribution in [-0.2, 0) is 13.5 Å². The third-order valence-electron chi connectivity index (χ3n) is 3.27. The Morgan fingerprint density at radius 3 is 2.58 bits per heavy atom. The molecule has 1 aromatic heterocycles. The summed E-state index contributed by atoms with van der Waals surface area (Å²) in [6, 6.07) is 5.51. The predicted molar refractivity (Wildman–Crippen MR) is 77.8 cm³/mol. The Labute approximate surface area is 122 Å². The molecule has 1 unspecified atom stereocenters. The zero-order valence-corrected chi connectivity index (χ0v) is 12.6. The van der Waals surface area contributed by atoms with Crippen LogP contribution < -0.4 is 0 Å². The van der Waals surface area contributed by atoms with E-state index in [1.807, 2.05) is 26.0 Å². The zero-order valence-electron chi connectivity index (χ0n) is 11.1. The first-order chi connectivity index (χ1) is 8.90. The highest BCUT2D eigenvalue weighted by Crippen LogP contribution is 2.28. The summed E-state index contributed by atoms with van der Waals surface area (Å²) in [6.45, 7) is 3.84. The number of benzene rings is 1. The van der Waals surface area contributed by atoms with Crippen molar-refractivity contribution < 1.29 is 5.11 Å². The number of aromatic nitrogens is 2. The van der Waals surface area contributed by atoms with Crippen molar-refractivity contribution in [3.8, 4) is 0 Å². The summed E-state index contributed by atoms with van der Waals surface area (Å²) >= 11 is 12.2. The van der Waals surface area contributed by atoms with E-state index in [-0.39, 0.29) is 0 Å². The molecule has 2 aromatic rings. The maximum Gasteiger partial charge on any atom is 0.130 e. The molecule has 0 saturated heterocycles. The highest BCUT2D eigenvalue weighted by atomic mass is 35.5. The molecule has 102 valence electrons. The highest BCUT2D eigenvalue weighted by molar-refractivity contribution is 6.30. The van der Waals surface area contributed by atoms with E-state index in [4.69, 9.17) is 23.2 Å². The monoisotopic (exact) mass is 298 g/mol. The van der Waals surface area contributed by atoms with Crippen molar-refractivity contribution >= 4 is 23.2 Å². The van der Waals surface area contributed by atoms with Gasteiger partial charge < -0.3 is 5.11 Å². The van der Waals surface area contributed by atoms with Gasteiger partial charge >= 0.3 is 0 Å². The summed E-state index contributed by atoms with van der Waals surface area (Å²) < 4.78 is 1.61. The Morgan fingerprint density at radius 1 is 1.32 bits per heavy atom. The molecule has 3 nitrogen and oxygen atoms in total. The Kier molecular flexibility index (Phi) is 4.19. The van der Waals surface area contributed by atoms with Crippen LogP contribution in [0.2, 0.25) is 10.2 Å². The second kappa shape index (κ2) is 5.53. The van der Waals surface area contributed by atoms with E-state index in [9.17, 15) is 5.11 Å². The van der Waals surface area contributed by atoms with Gasteiger partial charge in [-0.2, -0.15) is 5.10 Å². The van der Waals surface area contributed by atoms with Gasteiger partial charge in [-0.15, -0.1) is 0 Å². The maximum atomic E-state index is 10.4. The van der Waals surface area contributed by atoms with Gasteiger partial charge in [0.15, 0.2) is 0 Å². The van der Waals surface area contributed by atoms with Gasteiger partial charge in [0, 0.05) is 24.1 Å². The van der Waals surface area contributed by atoms with E-state index in [0.717, 1.165) is 22.4 Å². The van der Waals surface area contributed by atoms with Crippen LogP contribution in [0.1, 0.15) is 28.5 Å². The van der Waals surface area contributed by atoms with E-state index in [1.54, 1.807) is 17.8 Å². The zero-order chi connectivity index (χ0) is 14.2. The number of aryl methyl sites for hydroxylation is 3. The van der Waals surface area contributed by atoms with Crippen molar-refractivity contribution in [2.24, 2.45) is 7.05 Å². The van der Waals surface area contributed by atoms with Crippen LogP contribution in [0.25, 0.3) is 0 Å². The minimum absolute atomic E-state index is 0.430. The first kappa shape index (κ1) is 14.4. The lowest BCUT2D eigenvalue weighted by Gasteiger charge is -2.14. The smallest absolute Gasteiger partial charge is 0.130 e. The maximum absolute atomic E-state index is 10.4. The number of aliphatic hydroxyl groups excluding tert-OH is 1. The van der Waals surface area contributed by atoms with Gasteiger partial charge in [-0.3, -0.25) is 4.68 Å². The average molecular weight is 299 g/mol. The fourth-order valence-electron chi connectivity index (χ4n) is 2.18. The number of hydrogen-bond donors (Lipinski definition) is 1. The summed E-state index contributed by atoms with van der Waals surface area (Å²) in [6.07, 6.45) is -0.209. The standard InChI is InChI=1S/C14H16Cl2N2O/c1-8-4-5-10(15)6-11(8)13(19)7-12-9(2)17-18(3)14(12)16/h4-6,13,19H,7H2,1-3H3. The molecule has 0 radical (unpaired) electrons. The number of aliphatic hydroxyl groups is 1. The van der Waals surface area contributed by atoms with Crippen LogP contribution in [0.3, 0.4) is 0 Å². The normalized spacial score (nSPS) is 12.7. The molecule has 0 aliphatic carbocycles. The molecule has 5 heteroatoms. The first-order valence-electron chi connectivity index (χ1n) is 6.02. The highest BCUT2D eigenvalue weighted by Gasteiger charge is 2.18. The molecular formula is C14H16Cl2N2O. The number of hydrogen-bond acceptors (Lipinski definition) is 2. The van der Waals surface area contributed by atoms with Crippen molar-refractivity contribution in [3.63, 3.8) is 0 Å². The summed E-state index contributed by atoms with van der Waals surface area (Å²) in [5, 5.41) is 15.8. The van der Waals surface area contributed by atoms with Gasteiger partial charge in [0.1, 0.15) is 5.15 Å². The molecule has 0 aliphatic rings. The van der Waals surface area contributed by atoms with Crippen LogP contribution >= 0.6 is 23.2 Å². The number of rotatable bonds is 3. The average Bonchev–Trinajstić information content (AvgIpc) is 2.59. The number of nitrogens with zero attached hydrogens (tertiary/aromatic N) is 2. The minimum Gasteiger partial charge on any atom is -0.388 e. The summed E-state index contributed by atoms with van der Waals surface area (Å²) in [4.78, 5) is 0. The molecule has 1 N–H and O–H groups in total. The molecule has 2 rings (SSSR count). The Morgan fingerprint density at radius 2 is 2.00 bits per heavy atom. The van der Waals surface area contributed by atoms with Crippen LogP contribution in [0.4, 0.5) is 0 Å². The van der Waals surface area contributed by atoms with Gasteiger partial charge in [-0.1, -0.05) is 29.3 Å². The molecule has 0 saturated carbocycles. The van der Waals surface area contributed by atoms with E-state index in [0.29, 0.717) is 16.6 Å². The lowest BCUT2D eigenvalue weighted by molar-refractivity contribution is 0.177. The second-order valence-corrected chi connectivity index (χ2v) is 5.49. The molecule has 0 bridgehead atoms. The largest absolute Gasteiger partial charge is 0.388 e. The van der Waals surface area contributed by atoms with Crippen LogP contribution in [0.5, 0.6) is 0 Å². The van der Waals surface area contributed by atoms with E-state index in [1.165, 1.54) is 0 Å². The van der Waals surface area contributed by atoms with Gasteiger partial charge in [-0.05, 0) is 37.1 Å². The summed E-state index contributed by atoms with van der Waals surface area (Å²) in [5.74, 6) is 0. The lowest BCUT2D eigenvalue weighted by Crippen LogP contribution is -2.05. The quantitative estimate of drug-likeness (QED) is 0.940. The third-order valence-corrected chi connectivity index (χ3v) is 3.98. The van der Waals surface area contributed by atoms with E-state index in [2.05, 4.69) is 5.10 Å². The van der Waals surface area contributed by atoms with Crippen molar-refractivity contribution in [2.45, 2.75) is 26.4 Å². The van der Waals surface area contributed by atoms with Crippen LogP contribution in [0.15, 0.2) is 18.2 Å². The molecule has 0 aliphatic heterocycles. The number of halogens is 2. The van der Waals surface area contributed by atoms with Crippen LogP contribution in [0, 0.1) is 13.8 Å². The van der Waals surface area contributed by atoms with Crippen LogP contribution in [-0.4, -0.2) is 14.9 Å². The Balaban J connectivity index is 2.30. The van der Waals surface area contributed by atoms with E-state index < -0.39 is 6.10 Å². The first-order valence-corrected chi connectivity index (χ1v) is 6.78. The topological polar surface area (TPSA) is 38.1 Å². The van der Waals surface area contributed by atoms with Gasteiger partial charge in [-0.25, -0.2) is 0 Å². The molecule has 1 atom stereocenters. The SMILES string of the molecule is Cc1ccc(Cl)cc1C(O)Cc1c(C)nn(C)c1Cl. The van der Waals surface area contributed by atoms with Crippen molar-refractivity contribution in [1.29, 1.82) is 0 Å². The minimum atomic E-state index is -0.640. The Hall–Kier alpha value is -1.03. The van der Waals surface area contributed by atoms with Gasteiger partial charge in [0.05, 0.1) is 11.8 Å². The van der Waals surface area contributed by atoms with Gasteiger partial charge in [0.25, 0.3) is 0 Å². The van der Waals surface area contributed by atoms with Crippen molar-refractivity contribution in [3.05, 3.63) is 50.8 Å². The molecule has 1 aromatic carbocycles. The fraction of sp³-hybridized carbons (Fsp3) is 0.357. The van der Waals surface area contributed by atoms with E-state index >= 15 is 0 Å². The molecule has 0 spiro atoms. The fourth-order valence-corrected chi connectivity index (χ4v) is 2.61. The predicted octanol–water partition coefficient (Wildman–Crippen LogP) is 3.62. The lowest BCUT2D eigenvalue weighted by atomic mass is 9.98. The van der Waals surface area contributed by atoms with Gasteiger partial charge in [0.2, 0.25) is 0 Å². The Bertz CT molecular complexity index is 608. The second-order valence-electron chi connectivity index (χ2n) is 4.70. The summed E-state index contributed by atoms with van der Waals surface area (Å²) in [5.41, 5.74) is 3.55. The third kappa shape index (κ3) is 2.94. The molecule has 0 amide bonds. The molecule has 19 heavy (non-hydrogen) atoms. The molecular weight excluding hydrogens is 283 g/mol. The van der Waals surface area contributed by atoms with Crippen molar-refractivity contribution in [1.82, 2.24) is 9.78 Å².